The molecule has 0 amide bonds. The van der Waals surface area contributed by atoms with Crippen LogP contribution >= 0.6 is 0 Å². The zero-order valence-electron chi connectivity index (χ0n) is 22.2. The van der Waals surface area contributed by atoms with Gasteiger partial charge in [0.05, 0.1) is 12.7 Å². The molecule has 12 atom stereocenters. The predicted molar refractivity (Wildman–Crippen MR) is 129 cm³/mol. The lowest BCUT2D eigenvalue weighted by Crippen LogP contribution is -2.67. The predicted octanol–water partition coefficient (Wildman–Crippen LogP) is 4.66. The topological polar surface area (TPSA) is 82.1 Å². The van der Waals surface area contributed by atoms with Crippen molar-refractivity contribution in [2.45, 2.75) is 116 Å². The molecule has 6 rings (SSSR count). The van der Waals surface area contributed by atoms with Gasteiger partial charge in [0, 0.05) is 37.5 Å². The van der Waals surface area contributed by atoms with Gasteiger partial charge in [-0.3, -0.25) is 9.59 Å². The number of Topliss-reactive ketones (excluding diaryl/α,β-unsaturated/α-hetero) is 1. The van der Waals surface area contributed by atoms with Gasteiger partial charge in [0.1, 0.15) is 11.7 Å². The van der Waals surface area contributed by atoms with E-state index in [2.05, 4.69) is 27.7 Å². The van der Waals surface area contributed by atoms with Crippen molar-refractivity contribution in [1.82, 2.24) is 0 Å². The maximum atomic E-state index is 13.7. The van der Waals surface area contributed by atoms with Gasteiger partial charge in [0.2, 0.25) is 0 Å². The molecule has 1 N–H and O–H groups in total. The summed E-state index contributed by atoms with van der Waals surface area (Å²) in [5.74, 6) is 1.68. The largest absolute Gasteiger partial charge is 0.462 e. The Labute approximate surface area is 209 Å². The summed E-state index contributed by atoms with van der Waals surface area (Å²) in [7, 11) is 0. The fourth-order valence-electron chi connectivity index (χ4n) is 10.4. The highest BCUT2D eigenvalue weighted by Gasteiger charge is 2.72. The molecule has 0 unspecified atom stereocenters. The number of hydrogen-bond acceptors (Lipinski definition) is 6. The molecule has 6 fully saturated rings. The highest BCUT2D eigenvalue weighted by Crippen LogP contribution is 2.71. The number of rotatable bonds is 1. The number of ketones is 1. The van der Waals surface area contributed by atoms with Crippen LogP contribution in [0.3, 0.4) is 0 Å². The average molecular weight is 489 g/mol. The molecular formula is C29H44O6. The quantitative estimate of drug-likeness (QED) is 0.541. The van der Waals surface area contributed by atoms with E-state index < -0.39 is 16.8 Å². The maximum Gasteiger partial charge on any atom is 0.302 e. The summed E-state index contributed by atoms with van der Waals surface area (Å²) in [4.78, 5) is 25.2. The second-order valence-corrected chi connectivity index (χ2v) is 13.8. The van der Waals surface area contributed by atoms with Crippen LogP contribution in [0, 0.1) is 46.3 Å². The molecule has 6 heteroatoms. The van der Waals surface area contributed by atoms with E-state index in [1.807, 2.05) is 0 Å². The first-order valence-corrected chi connectivity index (χ1v) is 14.2. The number of aliphatic hydroxyl groups is 1. The van der Waals surface area contributed by atoms with E-state index in [0.717, 1.165) is 51.6 Å². The van der Waals surface area contributed by atoms with E-state index in [1.54, 1.807) is 0 Å². The van der Waals surface area contributed by atoms with Gasteiger partial charge in [-0.15, -0.1) is 0 Å². The highest BCUT2D eigenvalue weighted by atomic mass is 16.7. The van der Waals surface area contributed by atoms with Crippen LogP contribution in [0.2, 0.25) is 0 Å². The lowest BCUT2D eigenvalue weighted by Gasteiger charge is -2.63. The molecule has 2 aliphatic heterocycles. The second-order valence-electron chi connectivity index (χ2n) is 13.8. The number of carbonyl (C=O) groups excluding carboxylic acids is 2. The first-order chi connectivity index (χ1) is 16.4. The number of ether oxygens (including phenoxy) is 3. The molecule has 0 aromatic heterocycles. The third-order valence-corrected chi connectivity index (χ3v) is 12.2. The Balaban J connectivity index is 1.26. The summed E-state index contributed by atoms with van der Waals surface area (Å²) in [6.45, 7) is 11.4. The molecular weight excluding hydrogens is 444 g/mol. The fraction of sp³-hybridized carbons (Fsp3) is 0.931. The van der Waals surface area contributed by atoms with Crippen molar-refractivity contribution in [3.63, 3.8) is 0 Å². The average Bonchev–Trinajstić information content (AvgIpc) is 3.23. The minimum atomic E-state index is -1.39. The third-order valence-electron chi connectivity index (χ3n) is 12.2. The van der Waals surface area contributed by atoms with Gasteiger partial charge in [-0.25, -0.2) is 0 Å². The molecule has 0 radical (unpaired) electrons. The Hall–Kier alpha value is -0.980. The third kappa shape index (κ3) is 3.18. The van der Waals surface area contributed by atoms with Crippen LogP contribution in [0.4, 0.5) is 0 Å². The standard InChI is InChI=1S/C29H44O6/c1-16-6-11-29(33-15-16)17(2)25-23(35-29)13-22-20-12-24(31)28(32)14-19(34-18(3)30)7-10-27(28,5)21(20)8-9-26(22,25)4/h16-17,19-23,25,32H,6-15H2,1-5H3/t16-,17+,19-,20-,21-,22-,23+,25+,26+,27-,28+,29-/m1/s1. The van der Waals surface area contributed by atoms with Crippen LogP contribution in [0.15, 0.2) is 0 Å². The molecule has 4 aliphatic carbocycles. The molecule has 2 heterocycles. The zero-order valence-corrected chi connectivity index (χ0v) is 22.2. The first kappa shape index (κ1) is 24.4. The fourth-order valence-corrected chi connectivity index (χ4v) is 10.4. The van der Waals surface area contributed by atoms with E-state index in [0.29, 0.717) is 41.9 Å². The van der Waals surface area contributed by atoms with Gasteiger partial charge in [-0.05, 0) is 73.5 Å². The minimum Gasteiger partial charge on any atom is -0.462 e. The van der Waals surface area contributed by atoms with Crippen molar-refractivity contribution in [2.24, 2.45) is 46.3 Å². The van der Waals surface area contributed by atoms with Crippen molar-refractivity contribution in [3.8, 4) is 0 Å². The summed E-state index contributed by atoms with van der Waals surface area (Å²) >= 11 is 0. The van der Waals surface area contributed by atoms with Gasteiger partial charge in [-0.2, -0.15) is 0 Å². The molecule has 4 saturated carbocycles. The number of fused-ring (bicyclic) bond motifs is 7. The smallest absolute Gasteiger partial charge is 0.302 e. The molecule has 1 spiro atoms. The van der Waals surface area contributed by atoms with Crippen LogP contribution in [0.5, 0.6) is 0 Å². The van der Waals surface area contributed by atoms with Crippen LogP contribution in [0.25, 0.3) is 0 Å². The molecule has 196 valence electrons. The van der Waals surface area contributed by atoms with Gasteiger partial charge >= 0.3 is 5.97 Å². The molecule has 0 aromatic carbocycles. The van der Waals surface area contributed by atoms with Crippen molar-refractivity contribution >= 4 is 11.8 Å². The van der Waals surface area contributed by atoms with Crippen LogP contribution in [-0.4, -0.2) is 47.1 Å². The molecule has 6 nitrogen and oxygen atoms in total. The number of carbonyl (C=O) groups is 2. The second kappa shape index (κ2) is 7.77. The maximum absolute atomic E-state index is 13.7. The Kier molecular flexibility index (Phi) is 5.41. The van der Waals surface area contributed by atoms with Gasteiger partial charge in [-0.1, -0.05) is 27.7 Å². The van der Waals surface area contributed by atoms with Gasteiger partial charge in [0.15, 0.2) is 11.6 Å². The normalized spacial score (nSPS) is 57.3. The molecule has 0 bridgehead atoms. The molecule has 2 saturated heterocycles. The SMILES string of the molecule is CC(=O)O[C@@H]1CC[C@]2(C)[C@@H]3CC[C@]4(C)[C@@H]5[C@H](C[C@@H]4[C@@H]3CC(=O)[C@@]2(O)C1)O[C@]1(CC[C@@H](C)CO1)[C@H]5C. The van der Waals surface area contributed by atoms with E-state index in [9.17, 15) is 14.7 Å². The Morgan fingerprint density at radius 1 is 1.09 bits per heavy atom. The molecule has 35 heavy (non-hydrogen) atoms. The van der Waals surface area contributed by atoms with Crippen molar-refractivity contribution in [1.29, 1.82) is 0 Å². The summed E-state index contributed by atoms with van der Waals surface area (Å²) < 4.78 is 18.7. The Bertz CT molecular complexity index is 909. The molecule has 6 aliphatic rings. The van der Waals surface area contributed by atoms with Crippen LogP contribution in [-0.2, 0) is 23.8 Å². The van der Waals surface area contributed by atoms with Crippen molar-refractivity contribution < 1.29 is 28.9 Å². The van der Waals surface area contributed by atoms with E-state index in [-0.39, 0.29) is 35.8 Å². The summed E-state index contributed by atoms with van der Waals surface area (Å²) in [6, 6.07) is 0. The van der Waals surface area contributed by atoms with Crippen LogP contribution < -0.4 is 0 Å². The summed E-state index contributed by atoms with van der Waals surface area (Å²) in [5.41, 5.74) is -1.71. The van der Waals surface area contributed by atoms with Crippen molar-refractivity contribution in [3.05, 3.63) is 0 Å². The van der Waals surface area contributed by atoms with Crippen molar-refractivity contribution in [2.75, 3.05) is 6.61 Å². The minimum absolute atomic E-state index is 0.0329. The lowest BCUT2D eigenvalue weighted by molar-refractivity contribution is -0.273. The number of esters is 1. The Morgan fingerprint density at radius 3 is 2.54 bits per heavy atom. The summed E-state index contributed by atoms with van der Waals surface area (Å²) in [6.07, 6.45) is 7.30. The highest BCUT2D eigenvalue weighted by molar-refractivity contribution is 5.89. The van der Waals surface area contributed by atoms with E-state index >= 15 is 0 Å². The first-order valence-electron chi connectivity index (χ1n) is 14.2. The molecule has 0 aromatic rings. The Morgan fingerprint density at radius 2 is 1.86 bits per heavy atom. The summed E-state index contributed by atoms with van der Waals surface area (Å²) in [5, 5.41) is 11.9. The van der Waals surface area contributed by atoms with Gasteiger partial charge < -0.3 is 19.3 Å². The van der Waals surface area contributed by atoms with E-state index in [1.165, 1.54) is 6.92 Å². The van der Waals surface area contributed by atoms with Gasteiger partial charge in [0.25, 0.3) is 0 Å². The monoisotopic (exact) mass is 488 g/mol. The number of hydrogen-bond donors (Lipinski definition) is 1. The zero-order chi connectivity index (χ0) is 25.0. The van der Waals surface area contributed by atoms with E-state index in [4.69, 9.17) is 14.2 Å². The van der Waals surface area contributed by atoms with Crippen LogP contribution in [0.1, 0.15) is 92.4 Å². The lowest BCUT2D eigenvalue weighted by atomic mass is 9.42.